The maximum atomic E-state index is 13.1. The lowest BCUT2D eigenvalue weighted by Crippen LogP contribution is -2.61. The highest BCUT2D eigenvalue weighted by molar-refractivity contribution is 7.22. The second-order valence-corrected chi connectivity index (χ2v) is 13.9. The molecule has 4 aliphatic rings. The Balaban J connectivity index is 0.909. The number of hydrogen-bond acceptors (Lipinski definition) is 10. The molecule has 0 spiro atoms. The Morgan fingerprint density at radius 2 is 1.96 bits per heavy atom. The van der Waals surface area contributed by atoms with Gasteiger partial charge in [0, 0.05) is 62.2 Å². The van der Waals surface area contributed by atoms with Crippen LogP contribution in [0.3, 0.4) is 0 Å². The van der Waals surface area contributed by atoms with Gasteiger partial charge in [-0.25, -0.2) is 15.0 Å². The molecule has 0 radical (unpaired) electrons. The van der Waals surface area contributed by atoms with Crippen molar-refractivity contribution >= 4 is 38.5 Å². The van der Waals surface area contributed by atoms with Gasteiger partial charge in [0.15, 0.2) is 11.0 Å². The summed E-state index contributed by atoms with van der Waals surface area (Å²) in [5.74, 6) is 0.862. The normalized spacial score (nSPS) is 28.8. The second kappa shape index (κ2) is 13.4. The van der Waals surface area contributed by atoms with E-state index in [9.17, 15) is 14.7 Å². The maximum Gasteiger partial charge on any atom is 0.229 e. The van der Waals surface area contributed by atoms with E-state index in [0.717, 1.165) is 85.9 Å². The van der Waals surface area contributed by atoms with Crippen LogP contribution in [0.2, 0.25) is 0 Å². The van der Waals surface area contributed by atoms with Crippen molar-refractivity contribution in [1.82, 2.24) is 24.8 Å². The molecule has 12 heteroatoms. The molecular formula is C33H42N6O5S. The summed E-state index contributed by atoms with van der Waals surface area (Å²) in [5.41, 5.74) is 2.71. The lowest BCUT2D eigenvalue weighted by Gasteiger charge is -2.50. The smallest absolute Gasteiger partial charge is 0.229 e. The minimum atomic E-state index is -0.396. The first kappa shape index (κ1) is 30.6. The highest BCUT2D eigenvalue weighted by Gasteiger charge is 2.43. The SMILES string of the molecule is CC[C@H]1CN(C(=O)C2CCOC2)CCN1C1CC(C(=O)Nc2nc3ccc(-c4cnc(CO[C@H]5CCC[C@@H]5O)nc4)cc3s2)C1. The molecule has 240 valence electrons. The van der Waals surface area contributed by atoms with Gasteiger partial charge in [0.25, 0.3) is 0 Å². The van der Waals surface area contributed by atoms with E-state index in [1.165, 1.54) is 11.3 Å². The van der Waals surface area contributed by atoms with Gasteiger partial charge in [-0.3, -0.25) is 14.5 Å². The average molecular weight is 635 g/mol. The fraction of sp³-hybridized carbons (Fsp3) is 0.606. The molecule has 2 N–H and O–H groups in total. The molecule has 2 aliphatic carbocycles. The first-order valence-corrected chi connectivity index (χ1v) is 17.2. The van der Waals surface area contributed by atoms with Crippen LogP contribution < -0.4 is 5.32 Å². The topological polar surface area (TPSA) is 130 Å². The molecule has 4 heterocycles. The molecule has 4 atom stereocenters. The first-order chi connectivity index (χ1) is 21.9. The van der Waals surface area contributed by atoms with Gasteiger partial charge in [-0.2, -0.15) is 0 Å². The number of anilines is 1. The molecule has 1 aromatic carbocycles. The minimum absolute atomic E-state index is 0.0176. The second-order valence-electron chi connectivity index (χ2n) is 12.9. The third-order valence-corrected chi connectivity index (χ3v) is 11.0. The molecule has 1 unspecified atom stereocenters. The van der Waals surface area contributed by atoms with E-state index in [1.807, 2.05) is 17.0 Å². The van der Waals surface area contributed by atoms with Crippen molar-refractivity contribution in [3.8, 4) is 11.1 Å². The van der Waals surface area contributed by atoms with E-state index in [4.69, 9.17) is 9.47 Å². The number of aliphatic hydroxyl groups is 1. The van der Waals surface area contributed by atoms with Gasteiger partial charge in [-0.05, 0) is 62.6 Å². The molecular weight excluding hydrogens is 592 g/mol. The van der Waals surface area contributed by atoms with Gasteiger partial charge < -0.3 is 24.8 Å². The molecule has 4 fully saturated rings. The van der Waals surface area contributed by atoms with Crippen molar-refractivity contribution < 1.29 is 24.2 Å². The predicted molar refractivity (Wildman–Crippen MR) is 171 cm³/mol. The Morgan fingerprint density at radius 1 is 1.11 bits per heavy atom. The van der Waals surface area contributed by atoms with Crippen LogP contribution in [0.5, 0.6) is 0 Å². The highest BCUT2D eigenvalue weighted by atomic mass is 32.1. The quantitative estimate of drug-likeness (QED) is 0.361. The Bertz CT molecular complexity index is 1500. The van der Waals surface area contributed by atoms with E-state index in [0.29, 0.717) is 36.3 Å². The number of carbonyl (C=O) groups is 2. The summed E-state index contributed by atoms with van der Waals surface area (Å²) in [6.07, 6.45) is 9.19. The Labute approximate surface area is 267 Å². The number of fused-ring (bicyclic) bond motifs is 1. The zero-order chi connectivity index (χ0) is 30.9. The zero-order valence-electron chi connectivity index (χ0n) is 25.8. The van der Waals surface area contributed by atoms with Crippen LogP contribution in [0.1, 0.15) is 57.7 Å². The van der Waals surface area contributed by atoms with Crippen LogP contribution in [0.25, 0.3) is 21.3 Å². The molecule has 45 heavy (non-hydrogen) atoms. The van der Waals surface area contributed by atoms with E-state index in [1.54, 1.807) is 12.4 Å². The van der Waals surface area contributed by atoms with Gasteiger partial charge >= 0.3 is 0 Å². The summed E-state index contributed by atoms with van der Waals surface area (Å²) >= 11 is 1.47. The van der Waals surface area contributed by atoms with Gasteiger partial charge in [0.1, 0.15) is 6.61 Å². The van der Waals surface area contributed by atoms with Crippen LogP contribution in [0.15, 0.2) is 30.6 Å². The first-order valence-electron chi connectivity index (χ1n) is 16.4. The summed E-state index contributed by atoms with van der Waals surface area (Å²) < 4.78 is 12.2. The Kier molecular flexibility index (Phi) is 9.10. The lowest BCUT2D eigenvalue weighted by molar-refractivity contribution is -0.140. The predicted octanol–water partition coefficient (Wildman–Crippen LogP) is 3.86. The van der Waals surface area contributed by atoms with E-state index in [-0.39, 0.29) is 36.4 Å². The summed E-state index contributed by atoms with van der Waals surface area (Å²) in [6.45, 7) is 6.10. The number of nitrogens with zero attached hydrogens (tertiary/aromatic N) is 5. The Morgan fingerprint density at radius 3 is 2.69 bits per heavy atom. The summed E-state index contributed by atoms with van der Waals surface area (Å²) in [5, 5.41) is 13.6. The number of amides is 2. The number of carbonyl (C=O) groups excluding carboxylic acids is 2. The maximum absolute atomic E-state index is 13.1. The number of hydrogen-bond donors (Lipinski definition) is 2. The van der Waals surface area contributed by atoms with E-state index in [2.05, 4.69) is 38.2 Å². The summed E-state index contributed by atoms with van der Waals surface area (Å²) in [7, 11) is 0. The monoisotopic (exact) mass is 634 g/mol. The highest BCUT2D eigenvalue weighted by Crippen LogP contribution is 2.37. The van der Waals surface area contributed by atoms with Crippen molar-refractivity contribution in [2.75, 3.05) is 38.2 Å². The molecule has 2 saturated heterocycles. The fourth-order valence-corrected chi connectivity index (χ4v) is 8.11. The minimum Gasteiger partial charge on any atom is -0.390 e. The summed E-state index contributed by atoms with van der Waals surface area (Å²) in [4.78, 5) is 44.2. The van der Waals surface area contributed by atoms with Gasteiger partial charge in [-0.15, -0.1) is 0 Å². The lowest BCUT2D eigenvalue weighted by atomic mass is 9.77. The molecule has 2 saturated carbocycles. The number of ether oxygens (including phenoxy) is 2. The van der Waals surface area contributed by atoms with Gasteiger partial charge in [0.05, 0.1) is 34.9 Å². The van der Waals surface area contributed by atoms with E-state index < -0.39 is 6.10 Å². The largest absolute Gasteiger partial charge is 0.390 e. The fourth-order valence-electron chi connectivity index (χ4n) is 7.20. The molecule has 7 rings (SSSR count). The zero-order valence-corrected chi connectivity index (χ0v) is 26.6. The third kappa shape index (κ3) is 6.62. The van der Waals surface area contributed by atoms with Crippen molar-refractivity contribution in [2.24, 2.45) is 11.8 Å². The van der Waals surface area contributed by atoms with Crippen LogP contribution in [-0.4, -0.2) is 98.8 Å². The number of piperazine rings is 1. The Hall–Kier alpha value is -3.03. The molecule has 3 aromatic rings. The van der Waals surface area contributed by atoms with Crippen molar-refractivity contribution in [1.29, 1.82) is 0 Å². The number of benzene rings is 1. The van der Waals surface area contributed by atoms with Crippen molar-refractivity contribution in [2.45, 2.75) is 82.8 Å². The van der Waals surface area contributed by atoms with Crippen LogP contribution in [-0.2, 0) is 25.7 Å². The molecule has 2 aromatic heterocycles. The van der Waals surface area contributed by atoms with E-state index >= 15 is 0 Å². The number of thiazole rings is 1. The summed E-state index contributed by atoms with van der Waals surface area (Å²) in [6, 6.07) is 6.72. The number of aromatic nitrogens is 3. The van der Waals surface area contributed by atoms with Crippen LogP contribution in [0, 0.1) is 11.8 Å². The molecule has 2 aliphatic heterocycles. The molecule has 11 nitrogen and oxygen atoms in total. The average Bonchev–Trinajstić information content (AvgIpc) is 3.80. The number of rotatable bonds is 9. The van der Waals surface area contributed by atoms with Crippen LogP contribution >= 0.6 is 11.3 Å². The molecule has 0 bridgehead atoms. The number of aliphatic hydroxyl groups excluding tert-OH is 1. The standard InChI is InChI=1S/C33H42N6O5S/c1-2-24-17-38(32(42)21-8-11-43-18-21)9-10-39(24)25-12-22(13-25)31(41)37-33-36-26-7-6-20(14-29(26)45-33)23-15-34-30(35-16-23)19-44-28-5-3-4-27(28)40/h6-7,14-16,21-22,24-25,27-28,40H,2-5,8-13,17-19H2,1H3,(H,36,37,41)/t21?,22?,24-,25?,27-,28-/m0/s1. The van der Waals surface area contributed by atoms with Crippen LogP contribution in [0.4, 0.5) is 5.13 Å². The van der Waals surface area contributed by atoms with Crippen molar-refractivity contribution in [3.63, 3.8) is 0 Å². The third-order valence-electron chi connectivity index (χ3n) is 10.0. The molecule has 2 amide bonds. The van der Waals surface area contributed by atoms with Crippen molar-refractivity contribution in [3.05, 3.63) is 36.4 Å². The number of nitrogens with one attached hydrogen (secondary N) is 1. The van der Waals surface area contributed by atoms with Gasteiger partial charge in [0.2, 0.25) is 11.8 Å². The van der Waals surface area contributed by atoms with Gasteiger partial charge in [-0.1, -0.05) is 24.3 Å².